The monoisotopic (exact) mass is 160 g/mol. The molecule has 0 fully saturated rings. The van der Waals surface area contributed by atoms with Gasteiger partial charge in [-0.25, -0.2) is 0 Å². The number of nitrogens with zero attached hydrogens (tertiary/aromatic N) is 1. The molecule has 0 aromatic rings. The highest BCUT2D eigenvalue weighted by Gasteiger charge is 2.06. The molecule has 0 saturated carbocycles. The number of ether oxygens (including phenoxy) is 1. The lowest BCUT2D eigenvalue weighted by Crippen LogP contribution is -2.36. The maximum absolute atomic E-state index is 5.41. The van der Waals surface area contributed by atoms with Gasteiger partial charge in [-0.3, -0.25) is 0 Å². The number of likely N-dealkylation sites (N-methyl/N-ethyl adjacent to an activating group) is 1. The fourth-order valence-electron chi connectivity index (χ4n) is 0.840. The molecule has 2 N–H and O–H groups in total. The number of rotatable bonds is 6. The highest BCUT2D eigenvalue weighted by Crippen LogP contribution is 1.94. The molecular weight excluding hydrogens is 140 g/mol. The minimum Gasteiger partial charge on any atom is -0.380 e. The average molecular weight is 160 g/mol. The summed E-state index contributed by atoms with van der Waals surface area (Å²) in [6.07, 6.45) is 0. The van der Waals surface area contributed by atoms with E-state index >= 15 is 0 Å². The Balaban J connectivity index is 3.38. The molecule has 68 valence electrons. The number of nitrogens with two attached hydrogens (primary N) is 1. The van der Waals surface area contributed by atoms with E-state index in [1.54, 1.807) is 0 Å². The van der Waals surface area contributed by atoms with Gasteiger partial charge in [-0.05, 0) is 20.9 Å². The lowest BCUT2D eigenvalue weighted by Gasteiger charge is -2.23. The Bertz CT molecular complexity index is 88.2. The molecule has 0 saturated heterocycles. The van der Waals surface area contributed by atoms with Crippen LogP contribution in [0.1, 0.15) is 13.8 Å². The van der Waals surface area contributed by atoms with Gasteiger partial charge in [0.05, 0.1) is 6.61 Å². The van der Waals surface area contributed by atoms with Crippen LogP contribution in [0.4, 0.5) is 0 Å². The van der Waals surface area contributed by atoms with Gasteiger partial charge in [0.1, 0.15) is 0 Å². The second-order valence-electron chi connectivity index (χ2n) is 2.78. The highest BCUT2D eigenvalue weighted by molar-refractivity contribution is 4.61. The Hall–Kier alpha value is -0.120. The van der Waals surface area contributed by atoms with Crippen molar-refractivity contribution in [2.45, 2.75) is 19.9 Å². The maximum Gasteiger partial charge on any atom is 0.0618 e. The summed E-state index contributed by atoms with van der Waals surface area (Å²) >= 11 is 0. The standard InChI is InChI=1S/C8H20N2O/c1-4-11-7-8(2)10(3)6-5-9/h8H,4-7,9H2,1-3H3. The zero-order valence-electron chi connectivity index (χ0n) is 7.84. The molecule has 0 aliphatic heterocycles. The molecule has 0 heterocycles. The van der Waals surface area contributed by atoms with Gasteiger partial charge in [-0.1, -0.05) is 0 Å². The summed E-state index contributed by atoms with van der Waals surface area (Å²) < 4.78 is 5.28. The van der Waals surface area contributed by atoms with Crippen molar-refractivity contribution in [3.8, 4) is 0 Å². The lowest BCUT2D eigenvalue weighted by molar-refractivity contribution is 0.0865. The summed E-state index contributed by atoms with van der Waals surface area (Å²) in [7, 11) is 2.07. The Kier molecular flexibility index (Phi) is 6.51. The first kappa shape index (κ1) is 10.9. The second kappa shape index (κ2) is 6.58. The predicted octanol–water partition coefficient (Wildman–Crippen LogP) is 0.302. The van der Waals surface area contributed by atoms with Crippen molar-refractivity contribution in [1.82, 2.24) is 4.90 Å². The predicted molar refractivity (Wildman–Crippen MR) is 47.6 cm³/mol. The van der Waals surface area contributed by atoms with Crippen molar-refractivity contribution in [2.24, 2.45) is 5.73 Å². The van der Waals surface area contributed by atoms with Crippen molar-refractivity contribution >= 4 is 0 Å². The van der Waals surface area contributed by atoms with E-state index in [0.717, 1.165) is 19.8 Å². The van der Waals surface area contributed by atoms with Crippen LogP contribution < -0.4 is 5.73 Å². The van der Waals surface area contributed by atoms with Gasteiger partial charge >= 0.3 is 0 Å². The van der Waals surface area contributed by atoms with E-state index in [-0.39, 0.29) is 0 Å². The Labute approximate surface area is 69.5 Å². The topological polar surface area (TPSA) is 38.5 Å². The minimum atomic E-state index is 0.471. The van der Waals surface area contributed by atoms with Crippen LogP contribution in [0.15, 0.2) is 0 Å². The molecule has 0 aromatic heterocycles. The van der Waals surface area contributed by atoms with Crippen molar-refractivity contribution in [2.75, 3.05) is 33.4 Å². The van der Waals surface area contributed by atoms with Crippen LogP contribution in [-0.2, 0) is 4.74 Å². The van der Waals surface area contributed by atoms with Gasteiger partial charge in [0.2, 0.25) is 0 Å². The van der Waals surface area contributed by atoms with Crippen molar-refractivity contribution in [3.05, 3.63) is 0 Å². The third kappa shape index (κ3) is 5.18. The first-order chi connectivity index (χ1) is 5.22. The summed E-state index contributed by atoms with van der Waals surface area (Å²) in [6, 6.07) is 0.471. The third-order valence-electron chi connectivity index (χ3n) is 1.80. The zero-order chi connectivity index (χ0) is 8.69. The number of hydrogen-bond donors (Lipinski definition) is 1. The van der Waals surface area contributed by atoms with Crippen molar-refractivity contribution in [1.29, 1.82) is 0 Å². The average Bonchev–Trinajstić information content (AvgIpc) is 2.00. The van der Waals surface area contributed by atoms with Crippen molar-refractivity contribution < 1.29 is 4.74 Å². The molecule has 0 rings (SSSR count). The summed E-state index contributed by atoms with van der Waals surface area (Å²) in [5, 5.41) is 0. The lowest BCUT2D eigenvalue weighted by atomic mass is 10.3. The van der Waals surface area contributed by atoms with E-state index in [0.29, 0.717) is 12.6 Å². The Morgan fingerprint density at radius 1 is 1.55 bits per heavy atom. The van der Waals surface area contributed by atoms with E-state index in [9.17, 15) is 0 Å². The van der Waals surface area contributed by atoms with E-state index in [2.05, 4.69) is 18.9 Å². The van der Waals surface area contributed by atoms with E-state index in [1.165, 1.54) is 0 Å². The molecule has 3 nitrogen and oxygen atoms in total. The minimum absolute atomic E-state index is 0.471. The molecule has 1 unspecified atom stereocenters. The van der Waals surface area contributed by atoms with Crippen molar-refractivity contribution in [3.63, 3.8) is 0 Å². The largest absolute Gasteiger partial charge is 0.380 e. The molecule has 0 spiro atoms. The van der Waals surface area contributed by atoms with E-state index in [1.807, 2.05) is 6.92 Å². The van der Waals surface area contributed by atoms with Gasteiger partial charge in [0.25, 0.3) is 0 Å². The summed E-state index contributed by atoms with van der Waals surface area (Å²) in [6.45, 7) is 7.40. The number of hydrogen-bond acceptors (Lipinski definition) is 3. The molecule has 0 radical (unpaired) electrons. The summed E-state index contributed by atoms with van der Waals surface area (Å²) in [4.78, 5) is 2.20. The molecule has 0 aliphatic carbocycles. The van der Waals surface area contributed by atoms with Crippen LogP contribution in [0.3, 0.4) is 0 Å². The van der Waals surface area contributed by atoms with Gasteiger partial charge in [-0.15, -0.1) is 0 Å². The molecule has 0 bridgehead atoms. The quantitative estimate of drug-likeness (QED) is 0.607. The molecule has 0 aromatic carbocycles. The van der Waals surface area contributed by atoms with Crippen LogP contribution in [0, 0.1) is 0 Å². The molecule has 3 heteroatoms. The second-order valence-corrected chi connectivity index (χ2v) is 2.78. The van der Waals surface area contributed by atoms with Crippen LogP contribution in [0.5, 0.6) is 0 Å². The van der Waals surface area contributed by atoms with Gasteiger partial charge in [0.15, 0.2) is 0 Å². The van der Waals surface area contributed by atoms with Crippen LogP contribution in [-0.4, -0.2) is 44.3 Å². The zero-order valence-corrected chi connectivity index (χ0v) is 7.84. The fourth-order valence-corrected chi connectivity index (χ4v) is 0.840. The van der Waals surface area contributed by atoms with Crippen LogP contribution in [0.25, 0.3) is 0 Å². The van der Waals surface area contributed by atoms with Gasteiger partial charge < -0.3 is 15.4 Å². The molecule has 1 atom stereocenters. The summed E-state index contributed by atoms with van der Waals surface area (Å²) in [5.74, 6) is 0. The van der Waals surface area contributed by atoms with E-state index < -0.39 is 0 Å². The third-order valence-corrected chi connectivity index (χ3v) is 1.80. The normalized spacial score (nSPS) is 13.9. The smallest absolute Gasteiger partial charge is 0.0618 e. The van der Waals surface area contributed by atoms with Crippen LogP contribution in [0.2, 0.25) is 0 Å². The molecule has 0 amide bonds. The molecule has 11 heavy (non-hydrogen) atoms. The Morgan fingerprint density at radius 3 is 2.64 bits per heavy atom. The van der Waals surface area contributed by atoms with E-state index in [4.69, 9.17) is 10.5 Å². The first-order valence-corrected chi connectivity index (χ1v) is 4.20. The molecular formula is C8H20N2O. The fraction of sp³-hybridized carbons (Fsp3) is 1.00. The highest BCUT2D eigenvalue weighted by atomic mass is 16.5. The van der Waals surface area contributed by atoms with Gasteiger partial charge in [0, 0.05) is 25.7 Å². The SMILES string of the molecule is CCOCC(C)N(C)CCN. The molecule has 0 aliphatic rings. The van der Waals surface area contributed by atoms with Gasteiger partial charge in [-0.2, -0.15) is 0 Å². The summed E-state index contributed by atoms with van der Waals surface area (Å²) in [5.41, 5.74) is 5.41. The maximum atomic E-state index is 5.41. The Morgan fingerprint density at radius 2 is 2.18 bits per heavy atom. The first-order valence-electron chi connectivity index (χ1n) is 4.20. The van der Waals surface area contributed by atoms with Crippen LogP contribution >= 0.6 is 0 Å².